The summed E-state index contributed by atoms with van der Waals surface area (Å²) in [5, 5.41) is 42.9. The van der Waals surface area contributed by atoms with Crippen LogP contribution in [0.1, 0.15) is 18.4 Å². The van der Waals surface area contributed by atoms with Gasteiger partial charge < -0.3 is 34.7 Å². The lowest BCUT2D eigenvalue weighted by molar-refractivity contribution is -0.287. The second kappa shape index (κ2) is 10.4. The first-order valence-electron chi connectivity index (χ1n) is 8.33. The highest BCUT2D eigenvalue weighted by Gasteiger charge is 2.43. The molecule has 1 aliphatic rings. The summed E-state index contributed by atoms with van der Waals surface area (Å²) in [4.78, 5) is 16.8. The van der Waals surface area contributed by atoms with Gasteiger partial charge in [-0.2, -0.15) is 0 Å². The quantitative estimate of drug-likeness (QED) is 0.274. The molecular formula is C17H21Cl2NO8. The standard InChI is InChI=1S/C17H21Cl2NO8/c1-26-20-11(8-2-3-9(18)10(19)6-8)4-5-13(21)27-7-12-14(22)15(23)16(24)17(25)28-12/h2-3,6,12,14-17,22-25H,4-5,7H2,1H3. The van der Waals surface area contributed by atoms with Crippen LogP contribution in [-0.4, -0.2) is 76.5 Å². The highest BCUT2D eigenvalue weighted by Crippen LogP contribution is 2.24. The van der Waals surface area contributed by atoms with Crippen LogP contribution in [0, 0.1) is 0 Å². The summed E-state index contributed by atoms with van der Waals surface area (Å²) in [5.74, 6) is -0.630. The minimum Gasteiger partial charge on any atom is -0.463 e. The van der Waals surface area contributed by atoms with Gasteiger partial charge in [0, 0.05) is 12.0 Å². The smallest absolute Gasteiger partial charge is 0.306 e. The zero-order chi connectivity index (χ0) is 20.8. The van der Waals surface area contributed by atoms with Crippen LogP contribution in [0.15, 0.2) is 23.4 Å². The normalized spacial score (nSPS) is 28.1. The fourth-order valence-electron chi connectivity index (χ4n) is 2.56. The summed E-state index contributed by atoms with van der Waals surface area (Å²) in [7, 11) is 1.36. The Kier molecular flexibility index (Phi) is 8.44. The second-order valence-electron chi connectivity index (χ2n) is 6.07. The minimum atomic E-state index is -1.70. The third kappa shape index (κ3) is 5.77. The molecule has 1 aliphatic heterocycles. The van der Waals surface area contributed by atoms with E-state index in [1.807, 2.05) is 0 Å². The summed E-state index contributed by atoms with van der Waals surface area (Å²) in [6, 6.07) is 4.86. The van der Waals surface area contributed by atoms with Gasteiger partial charge in [-0.05, 0) is 12.1 Å². The number of esters is 1. The monoisotopic (exact) mass is 437 g/mol. The van der Waals surface area contributed by atoms with Crippen molar-refractivity contribution in [3.8, 4) is 0 Å². The van der Waals surface area contributed by atoms with E-state index in [0.717, 1.165) is 0 Å². The summed E-state index contributed by atoms with van der Waals surface area (Å²) in [5.41, 5.74) is 1.07. The van der Waals surface area contributed by atoms with Crippen molar-refractivity contribution in [1.82, 2.24) is 0 Å². The maximum atomic E-state index is 12.0. The van der Waals surface area contributed by atoms with E-state index in [4.69, 9.17) is 37.5 Å². The number of hydrogen-bond donors (Lipinski definition) is 4. The van der Waals surface area contributed by atoms with Gasteiger partial charge in [-0.25, -0.2) is 0 Å². The summed E-state index contributed by atoms with van der Waals surface area (Å²) >= 11 is 11.9. The Morgan fingerprint density at radius 1 is 1.11 bits per heavy atom. The van der Waals surface area contributed by atoms with Crippen LogP contribution in [0.5, 0.6) is 0 Å². The molecule has 0 bridgehead atoms. The molecule has 0 radical (unpaired) electrons. The molecule has 0 amide bonds. The van der Waals surface area contributed by atoms with Gasteiger partial charge in [0.05, 0.1) is 22.2 Å². The number of halogens is 2. The third-order valence-electron chi connectivity index (χ3n) is 4.12. The van der Waals surface area contributed by atoms with Crippen molar-refractivity contribution in [3.63, 3.8) is 0 Å². The summed E-state index contributed by atoms with van der Waals surface area (Å²) in [6.45, 7) is -0.412. The molecule has 11 heteroatoms. The molecule has 0 spiro atoms. The number of benzene rings is 1. The molecule has 28 heavy (non-hydrogen) atoms. The zero-order valence-electron chi connectivity index (χ0n) is 14.9. The number of ether oxygens (including phenoxy) is 2. The van der Waals surface area contributed by atoms with Gasteiger partial charge in [0.2, 0.25) is 0 Å². The number of aliphatic hydroxyl groups is 4. The maximum Gasteiger partial charge on any atom is 0.306 e. The lowest BCUT2D eigenvalue weighted by Crippen LogP contribution is -2.58. The molecule has 5 atom stereocenters. The van der Waals surface area contributed by atoms with E-state index in [1.54, 1.807) is 18.2 Å². The van der Waals surface area contributed by atoms with Crippen LogP contribution in [0.3, 0.4) is 0 Å². The number of hydrogen-bond acceptors (Lipinski definition) is 9. The van der Waals surface area contributed by atoms with E-state index in [-0.39, 0.29) is 12.8 Å². The zero-order valence-corrected chi connectivity index (χ0v) is 16.4. The van der Waals surface area contributed by atoms with E-state index in [0.29, 0.717) is 21.3 Å². The number of rotatable bonds is 7. The second-order valence-corrected chi connectivity index (χ2v) is 6.88. The topological polar surface area (TPSA) is 138 Å². The Balaban J connectivity index is 1.89. The predicted octanol–water partition coefficient (Wildman–Crippen LogP) is 0.467. The number of carbonyl (C=O) groups is 1. The maximum absolute atomic E-state index is 12.0. The number of oxime groups is 1. The Bertz CT molecular complexity index is 716. The van der Waals surface area contributed by atoms with Crippen molar-refractivity contribution in [2.24, 2.45) is 5.16 Å². The van der Waals surface area contributed by atoms with Gasteiger partial charge >= 0.3 is 5.97 Å². The lowest BCUT2D eigenvalue weighted by atomic mass is 9.99. The molecule has 1 aromatic rings. The molecule has 5 unspecified atom stereocenters. The van der Waals surface area contributed by atoms with Gasteiger partial charge in [-0.3, -0.25) is 4.79 Å². The molecular weight excluding hydrogens is 417 g/mol. The van der Waals surface area contributed by atoms with Crippen molar-refractivity contribution < 1.29 is 39.5 Å². The van der Waals surface area contributed by atoms with Crippen molar-refractivity contribution in [2.45, 2.75) is 43.5 Å². The molecule has 2 rings (SSSR count). The molecule has 156 valence electrons. The Hall–Kier alpha value is -1.46. The predicted molar refractivity (Wildman–Crippen MR) is 99.1 cm³/mol. The molecule has 1 fully saturated rings. The van der Waals surface area contributed by atoms with Gasteiger partial charge in [0.25, 0.3) is 0 Å². The molecule has 1 heterocycles. The molecule has 1 aromatic carbocycles. The van der Waals surface area contributed by atoms with E-state index >= 15 is 0 Å². The highest BCUT2D eigenvalue weighted by atomic mass is 35.5. The van der Waals surface area contributed by atoms with Crippen LogP contribution in [0.4, 0.5) is 0 Å². The van der Waals surface area contributed by atoms with E-state index in [2.05, 4.69) is 5.16 Å². The number of nitrogens with zero attached hydrogens (tertiary/aromatic N) is 1. The van der Waals surface area contributed by atoms with E-state index in [1.165, 1.54) is 7.11 Å². The van der Waals surface area contributed by atoms with Gasteiger partial charge in [0.1, 0.15) is 38.1 Å². The van der Waals surface area contributed by atoms with Crippen LogP contribution >= 0.6 is 23.2 Å². The van der Waals surface area contributed by atoms with E-state index in [9.17, 15) is 25.2 Å². The van der Waals surface area contributed by atoms with Crippen LogP contribution < -0.4 is 0 Å². The Morgan fingerprint density at radius 2 is 1.82 bits per heavy atom. The van der Waals surface area contributed by atoms with Gasteiger partial charge in [0.15, 0.2) is 6.29 Å². The number of aliphatic hydroxyl groups excluding tert-OH is 4. The highest BCUT2D eigenvalue weighted by molar-refractivity contribution is 6.42. The fraction of sp³-hybridized carbons (Fsp3) is 0.529. The molecule has 0 aromatic heterocycles. The third-order valence-corrected chi connectivity index (χ3v) is 4.85. The molecule has 4 N–H and O–H groups in total. The molecule has 0 saturated carbocycles. The largest absolute Gasteiger partial charge is 0.463 e. The van der Waals surface area contributed by atoms with Crippen molar-refractivity contribution >= 4 is 34.9 Å². The Labute approximate surface area is 171 Å². The molecule has 1 saturated heterocycles. The average molecular weight is 438 g/mol. The van der Waals surface area contributed by atoms with Gasteiger partial charge in [-0.15, -0.1) is 0 Å². The first kappa shape index (κ1) is 22.8. The van der Waals surface area contributed by atoms with Crippen LogP contribution in [0.25, 0.3) is 0 Å². The lowest BCUT2D eigenvalue weighted by Gasteiger charge is -2.37. The average Bonchev–Trinajstić information content (AvgIpc) is 2.67. The van der Waals surface area contributed by atoms with Crippen LogP contribution in [-0.2, 0) is 19.1 Å². The summed E-state index contributed by atoms with van der Waals surface area (Å²) < 4.78 is 9.96. The molecule has 0 aliphatic carbocycles. The van der Waals surface area contributed by atoms with E-state index < -0.39 is 43.3 Å². The Morgan fingerprint density at radius 3 is 2.46 bits per heavy atom. The van der Waals surface area contributed by atoms with Gasteiger partial charge in [-0.1, -0.05) is 34.4 Å². The minimum absolute atomic E-state index is 0.0705. The fourth-order valence-corrected chi connectivity index (χ4v) is 2.86. The van der Waals surface area contributed by atoms with Crippen molar-refractivity contribution in [3.05, 3.63) is 33.8 Å². The van der Waals surface area contributed by atoms with Crippen molar-refractivity contribution in [2.75, 3.05) is 13.7 Å². The van der Waals surface area contributed by atoms with Crippen LogP contribution in [0.2, 0.25) is 10.0 Å². The molecule has 9 nitrogen and oxygen atoms in total. The first-order chi connectivity index (χ1) is 13.2. The number of carbonyl (C=O) groups excluding carboxylic acids is 1. The first-order valence-corrected chi connectivity index (χ1v) is 9.09. The summed E-state index contributed by atoms with van der Waals surface area (Å²) in [6.07, 6.45) is -7.57. The SMILES string of the molecule is CON=C(CCC(=O)OCC1OC(O)C(O)C(O)C1O)c1ccc(Cl)c(Cl)c1. The van der Waals surface area contributed by atoms with Crippen molar-refractivity contribution in [1.29, 1.82) is 0 Å².